The molecule has 1 aromatic carbocycles. The van der Waals surface area contributed by atoms with Crippen LogP contribution in [0.2, 0.25) is 0 Å². The lowest BCUT2D eigenvalue weighted by Crippen LogP contribution is -2.31. The van der Waals surface area contributed by atoms with Gasteiger partial charge in [0.15, 0.2) is 11.6 Å². The quantitative estimate of drug-likeness (QED) is 0.876. The Balaban J connectivity index is 2.10. The molecular formula is C17H20FN3O3. The van der Waals surface area contributed by atoms with Crippen molar-refractivity contribution in [1.29, 1.82) is 0 Å². The minimum Gasteiger partial charge on any atom is -0.494 e. The van der Waals surface area contributed by atoms with Crippen molar-refractivity contribution in [1.82, 2.24) is 15.3 Å². The van der Waals surface area contributed by atoms with Crippen LogP contribution in [0.25, 0.3) is 0 Å². The van der Waals surface area contributed by atoms with Gasteiger partial charge in [-0.1, -0.05) is 6.07 Å². The van der Waals surface area contributed by atoms with E-state index in [-0.39, 0.29) is 23.6 Å². The minimum absolute atomic E-state index is 0.0859. The molecule has 2 N–H and O–H groups in total. The fraction of sp³-hybridized carbons (Fsp3) is 0.353. The van der Waals surface area contributed by atoms with Crippen molar-refractivity contribution in [3.05, 3.63) is 57.0 Å². The number of methoxy groups -OCH3 is 1. The zero-order chi connectivity index (χ0) is 17.9. The van der Waals surface area contributed by atoms with Crippen LogP contribution in [0.1, 0.15) is 35.6 Å². The molecule has 0 unspecified atom stereocenters. The van der Waals surface area contributed by atoms with Gasteiger partial charge in [0.2, 0.25) is 5.91 Å². The molecule has 24 heavy (non-hydrogen) atoms. The van der Waals surface area contributed by atoms with Gasteiger partial charge in [0.05, 0.1) is 19.6 Å². The number of ether oxygens (including phenoxy) is 1. The minimum atomic E-state index is -0.494. The fourth-order valence-corrected chi connectivity index (χ4v) is 2.45. The van der Waals surface area contributed by atoms with Crippen molar-refractivity contribution in [3.63, 3.8) is 0 Å². The second kappa shape index (κ2) is 7.25. The number of carbonyl (C=O) groups excluding carboxylic acids is 1. The second-order valence-electron chi connectivity index (χ2n) is 5.58. The second-order valence-corrected chi connectivity index (χ2v) is 5.58. The zero-order valence-corrected chi connectivity index (χ0v) is 14.1. The summed E-state index contributed by atoms with van der Waals surface area (Å²) in [5.41, 5.74) is 1.13. The zero-order valence-electron chi connectivity index (χ0n) is 14.1. The average Bonchev–Trinajstić information content (AvgIpc) is 2.50. The number of H-pyrrole nitrogens is 1. The van der Waals surface area contributed by atoms with Crippen LogP contribution in [0.4, 0.5) is 4.39 Å². The van der Waals surface area contributed by atoms with Gasteiger partial charge in [-0.2, -0.15) is 0 Å². The van der Waals surface area contributed by atoms with Gasteiger partial charge < -0.3 is 15.0 Å². The molecule has 7 heteroatoms. The Kier molecular flexibility index (Phi) is 5.33. The molecule has 1 aromatic heterocycles. The van der Waals surface area contributed by atoms with Gasteiger partial charge in [-0.3, -0.25) is 9.59 Å². The first-order valence-electron chi connectivity index (χ1n) is 7.51. The lowest BCUT2D eigenvalue weighted by Gasteiger charge is -2.15. The molecule has 2 rings (SSSR count). The predicted octanol–water partition coefficient (Wildman–Crippen LogP) is 1.95. The third-order valence-corrected chi connectivity index (χ3v) is 3.73. The maximum Gasteiger partial charge on any atom is 0.254 e. The molecule has 0 aliphatic rings. The van der Waals surface area contributed by atoms with E-state index in [9.17, 15) is 14.0 Å². The highest BCUT2D eigenvalue weighted by Crippen LogP contribution is 2.21. The summed E-state index contributed by atoms with van der Waals surface area (Å²) in [6.45, 7) is 5.11. The van der Waals surface area contributed by atoms with Gasteiger partial charge >= 0.3 is 0 Å². The van der Waals surface area contributed by atoms with Crippen molar-refractivity contribution < 1.29 is 13.9 Å². The highest BCUT2D eigenvalue weighted by Gasteiger charge is 2.15. The Morgan fingerprint density at radius 2 is 2.12 bits per heavy atom. The maximum absolute atomic E-state index is 13.7. The smallest absolute Gasteiger partial charge is 0.254 e. The van der Waals surface area contributed by atoms with E-state index in [0.717, 1.165) is 0 Å². The first kappa shape index (κ1) is 17.7. The number of nitrogens with one attached hydrogen (secondary N) is 2. The molecular weight excluding hydrogens is 313 g/mol. The van der Waals surface area contributed by atoms with E-state index in [0.29, 0.717) is 22.6 Å². The van der Waals surface area contributed by atoms with Crippen LogP contribution in [-0.2, 0) is 11.2 Å². The summed E-state index contributed by atoms with van der Waals surface area (Å²) in [4.78, 5) is 30.8. The highest BCUT2D eigenvalue weighted by molar-refractivity contribution is 5.79. The summed E-state index contributed by atoms with van der Waals surface area (Å²) < 4.78 is 18.6. The van der Waals surface area contributed by atoms with E-state index < -0.39 is 11.9 Å². The number of nitrogens with zero attached hydrogens (tertiary/aromatic N) is 1. The topological polar surface area (TPSA) is 84.1 Å². The molecule has 6 nitrogen and oxygen atoms in total. The Hall–Kier alpha value is -2.70. The van der Waals surface area contributed by atoms with Crippen LogP contribution in [0, 0.1) is 19.7 Å². The van der Waals surface area contributed by atoms with E-state index in [1.165, 1.54) is 19.2 Å². The number of aromatic amines is 1. The molecule has 128 valence electrons. The lowest BCUT2D eigenvalue weighted by atomic mass is 10.1. The van der Waals surface area contributed by atoms with Crippen LogP contribution < -0.4 is 15.6 Å². The Morgan fingerprint density at radius 3 is 2.71 bits per heavy atom. The number of halogens is 1. The molecule has 1 heterocycles. The van der Waals surface area contributed by atoms with Gasteiger partial charge in [0.1, 0.15) is 5.82 Å². The summed E-state index contributed by atoms with van der Waals surface area (Å²) in [7, 11) is 1.39. The van der Waals surface area contributed by atoms with Crippen LogP contribution >= 0.6 is 0 Å². The Bertz CT molecular complexity index is 817. The maximum atomic E-state index is 13.7. The first-order chi connectivity index (χ1) is 11.3. The molecule has 0 fully saturated rings. The third kappa shape index (κ3) is 3.98. The average molecular weight is 333 g/mol. The number of aromatic nitrogens is 2. The van der Waals surface area contributed by atoms with Gasteiger partial charge in [0, 0.05) is 11.3 Å². The lowest BCUT2D eigenvalue weighted by molar-refractivity contribution is -0.121. The number of rotatable bonds is 5. The molecule has 1 amide bonds. The summed E-state index contributed by atoms with van der Waals surface area (Å²) in [6.07, 6.45) is -0.0859. The molecule has 0 saturated heterocycles. The Morgan fingerprint density at radius 1 is 1.42 bits per heavy atom. The number of carbonyl (C=O) groups is 1. The fourth-order valence-electron chi connectivity index (χ4n) is 2.45. The van der Waals surface area contributed by atoms with E-state index in [4.69, 9.17) is 4.74 Å². The number of amides is 1. The summed E-state index contributed by atoms with van der Waals surface area (Å²) in [6, 6.07) is 4.09. The van der Waals surface area contributed by atoms with Crippen molar-refractivity contribution in [2.75, 3.05) is 7.11 Å². The van der Waals surface area contributed by atoms with Crippen molar-refractivity contribution in [2.24, 2.45) is 0 Å². The number of hydrogen-bond acceptors (Lipinski definition) is 4. The van der Waals surface area contributed by atoms with Crippen LogP contribution in [0.15, 0.2) is 23.0 Å². The molecule has 0 bridgehead atoms. The van der Waals surface area contributed by atoms with E-state index in [1.807, 2.05) is 0 Å². The largest absolute Gasteiger partial charge is 0.494 e. The first-order valence-corrected chi connectivity index (χ1v) is 7.51. The summed E-state index contributed by atoms with van der Waals surface area (Å²) in [5.74, 6) is -0.182. The molecule has 0 aliphatic carbocycles. The van der Waals surface area contributed by atoms with Gasteiger partial charge in [0.25, 0.3) is 5.56 Å². The normalized spacial score (nSPS) is 11.9. The summed E-state index contributed by atoms with van der Waals surface area (Å²) >= 11 is 0. The monoisotopic (exact) mass is 333 g/mol. The van der Waals surface area contributed by atoms with E-state index in [2.05, 4.69) is 15.3 Å². The van der Waals surface area contributed by atoms with E-state index >= 15 is 0 Å². The molecule has 0 aliphatic heterocycles. The van der Waals surface area contributed by atoms with Gasteiger partial charge in [-0.15, -0.1) is 0 Å². The molecule has 0 spiro atoms. The van der Waals surface area contributed by atoms with Crippen molar-refractivity contribution >= 4 is 5.91 Å². The molecule has 0 radical (unpaired) electrons. The van der Waals surface area contributed by atoms with Crippen LogP contribution in [0.3, 0.4) is 0 Å². The molecule has 2 aromatic rings. The van der Waals surface area contributed by atoms with Crippen LogP contribution in [0.5, 0.6) is 5.75 Å². The number of benzene rings is 1. The standard InChI is InChI=1S/C17H20FN3O3/c1-9(12-5-6-15(24-4)14(18)7-12)20-16(22)8-13-10(2)19-11(3)21-17(13)23/h5-7,9H,8H2,1-4H3,(H,20,22)(H,19,21,23)/t9-/m0/s1. The van der Waals surface area contributed by atoms with Crippen LogP contribution in [-0.4, -0.2) is 23.0 Å². The Labute approximate surface area is 139 Å². The van der Waals surface area contributed by atoms with E-state index in [1.54, 1.807) is 26.8 Å². The molecule has 1 atom stereocenters. The third-order valence-electron chi connectivity index (χ3n) is 3.73. The predicted molar refractivity (Wildman–Crippen MR) is 87.5 cm³/mol. The van der Waals surface area contributed by atoms with Crippen molar-refractivity contribution in [2.45, 2.75) is 33.2 Å². The number of aryl methyl sites for hydroxylation is 2. The summed E-state index contributed by atoms with van der Waals surface area (Å²) in [5, 5.41) is 2.75. The number of hydrogen-bond donors (Lipinski definition) is 2. The van der Waals surface area contributed by atoms with Gasteiger partial charge in [-0.05, 0) is 38.5 Å². The SMILES string of the molecule is COc1ccc([C@H](C)NC(=O)Cc2c(C)nc(C)[nH]c2=O)cc1F. The van der Waals surface area contributed by atoms with Gasteiger partial charge in [-0.25, -0.2) is 9.37 Å². The highest BCUT2D eigenvalue weighted by atomic mass is 19.1. The van der Waals surface area contributed by atoms with Crippen molar-refractivity contribution in [3.8, 4) is 5.75 Å². The molecule has 0 saturated carbocycles.